The van der Waals surface area contributed by atoms with Crippen molar-refractivity contribution in [1.82, 2.24) is 30.9 Å². The number of hydrogen-bond donors (Lipinski definition) is 4. The molecule has 10 heteroatoms. The van der Waals surface area contributed by atoms with Crippen molar-refractivity contribution in [2.45, 2.75) is 50.7 Å². The predicted molar refractivity (Wildman–Crippen MR) is 115 cm³/mol. The van der Waals surface area contributed by atoms with E-state index in [1.165, 1.54) is 25.7 Å². The minimum atomic E-state index is -1.03. The van der Waals surface area contributed by atoms with Gasteiger partial charge in [0.15, 0.2) is 11.4 Å². The Bertz CT molecular complexity index is 970. The van der Waals surface area contributed by atoms with E-state index < -0.39 is 5.66 Å². The zero-order valence-corrected chi connectivity index (χ0v) is 17.9. The Morgan fingerprint density at radius 3 is 2.90 bits per heavy atom. The van der Waals surface area contributed by atoms with E-state index in [2.05, 4.69) is 35.9 Å². The topological polar surface area (TPSA) is 130 Å². The van der Waals surface area contributed by atoms with Gasteiger partial charge in [0, 0.05) is 30.3 Å². The molecule has 5 rings (SSSR count). The molecule has 31 heavy (non-hydrogen) atoms. The molecule has 2 aromatic heterocycles. The third-order valence-corrected chi connectivity index (χ3v) is 5.90. The normalized spacial score (nSPS) is 23.9. The number of rotatable bonds is 8. The number of nitrogens with two attached hydrogens (primary N) is 1. The summed E-state index contributed by atoms with van der Waals surface area (Å²) in [6, 6.07) is 3.91. The van der Waals surface area contributed by atoms with Crippen molar-refractivity contribution in [3.05, 3.63) is 46.9 Å². The zero-order chi connectivity index (χ0) is 21.3. The van der Waals surface area contributed by atoms with Gasteiger partial charge in [-0.15, -0.1) is 0 Å². The molecule has 2 fully saturated rings. The lowest BCUT2D eigenvalue weighted by atomic mass is 10.1. The van der Waals surface area contributed by atoms with Gasteiger partial charge in [-0.05, 0) is 51.8 Å². The van der Waals surface area contributed by atoms with Gasteiger partial charge in [-0.1, -0.05) is 5.16 Å². The Balaban J connectivity index is 1.31. The summed E-state index contributed by atoms with van der Waals surface area (Å²) in [7, 11) is 0. The van der Waals surface area contributed by atoms with E-state index in [-0.39, 0.29) is 0 Å². The first-order chi connectivity index (χ1) is 15.1. The van der Waals surface area contributed by atoms with Gasteiger partial charge in [-0.3, -0.25) is 10.00 Å². The third-order valence-electron chi connectivity index (χ3n) is 5.90. The van der Waals surface area contributed by atoms with Crippen LogP contribution in [0.3, 0.4) is 0 Å². The number of aryl methyl sites for hydroxylation is 1. The van der Waals surface area contributed by atoms with E-state index in [1.807, 2.05) is 19.1 Å². The van der Waals surface area contributed by atoms with Gasteiger partial charge in [-0.25, -0.2) is 0 Å². The molecule has 0 bridgehead atoms. The van der Waals surface area contributed by atoms with Crippen molar-refractivity contribution in [2.24, 2.45) is 10.7 Å². The van der Waals surface area contributed by atoms with Crippen molar-refractivity contribution in [3.63, 3.8) is 0 Å². The molecule has 166 valence electrons. The molecule has 4 heterocycles. The molecule has 5 N–H and O–H groups in total. The van der Waals surface area contributed by atoms with Crippen molar-refractivity contribution < 1.29 is 9.26 Å². The molecule has 2 aliphatic heterocycles. The SMILES string of the molecule is Cc1cc(CNC2=NC(OCCN3CCCC3)=CC(N)(c3cc(C4CC4)[nH]n3)N2)on1. The monoisotopic (exact) mass is 426 g/mol. The number of likely N-dealkylation sites (tertiary alicyclic amines) is 1. The molecule has 1 saturated carbocycles. The lowest BCUT2D eigenvalue weighted by Crippen LogP contribution is -2.57. The second kappa shape index (κ2) is 8.35. The van der Waals surface area contributed by atoms with Crippen molar-refractivity contribution in [1.29, 1.82) is 0 Å². The molecule has 1 saturated heterocycles. The van der Waals surface area contributed by atoms with E-state index in [0.717, 1.165) is 31.0 Å². The van der Waals surface area contributed by atoms with Crippen molar-refractivity contribution in [3.8, 4) is 0 Å². The molecule has 3 aliphatic rings. The van der Waals surface area contributed by atoms with Crippen molar-refractivity contribution >= 4 is 5.96 Å². The van der Waals surface area contributed by atoms with Gasteiger partial charge in [-0.2, -0.15) is 10.1 Å². The third kappa shape index (κ3) is 4.75. The van der Waals surface area contributed by atoms with Crippen LogP contribution in [-0.2, 0) is 16.9 Å². The minimum Gasteiger partial charge on any atom is -0.476 e. The van der Waals surface area contributed by atoms with Gasteiger partial charge in [0.2, 0.25) is 11.8 Å². The molecule has 1 atom stereocenters. The summed E-state index contributed by atoms with van der Waals surface area (Å²) in [5.41, 5.74) is 8.38. The standard InChI is InChI=1S/C21H30N8O2/c1-14-10-16(31-28-14)13-23-20-24-19(30-9-8-29-6-2-3-7-29)12-21(22,25-20)18-11-17(26-27-18)15-4-5-15/h10-12,15H,2-9,13,22H2,1H3,(H,26,27)(H2,23,24,25). The number of nitrogens with one attached hydrogen (secondary N) is 3. The Morgan fingerprint density at radius 1 is 1.32 bits per heavy atom. The van der Waals surface area contributed by atoms with E-state index in [9.17, 15) is 0 Å². The second-order valence-electron chi connectivity index (χ2n) is 8.61. The fourth-order valence-corrected chi connectivity index (χ4v) is 4.00. The van der Waals surface area contributed by atoms with Crippen LogP contribution in [-0.4, -0.2) is 52.5 Å². The molecule has 2 aromatic rings. The zero-order valence-electron chi connectivity index (χ0n) is 17.9. The lowest BCUT2D eigenvalue weighted by molar-refractivity contribution is 0.165. The molecule has 10 nitrogen and oxygen atoms in total. The molecule has 1 unspecified atom stereocenters. The first-order valence-electron chi connectivity index (χ1n) is 11.0. The maximum Gasteiger partial charge on any atom is 0.216 e. The molecule has 0 spiro atoms. The van der Waals surface area contributed by atoms with Crippen LogP contribution in [0.25, 0.3) is 0 Å². The summed E-state index contributed by atoms with van der Waals surface area (Å²) < 4.78 is 11.3. The fraction of sp³-hybridized carbons (Fsp3) is 0.571. The highest BCUT2D eigenvalue weighted by atomic mass is 16.5. The van der Waals surface area contributed by atoms with Crippen molar-refractivity contribution in [2.75, 3.05) is 26.2 Å². The maximum atomic E-state index is 6.74. The average molecular weight is 427 g/mol. The number of hydrogen-bond acceptors (Lipinski definition) is 9. The number of nitrogens with zero attached hydrogens (tertiary/aromatic N) is 4. The van der Waals surface area contributed by atoms with Crippen LogP contribution < -0.4 is 16.4 Å². The number of aromatic nitrogens is 3. The molecule has 0 radical (unpaired) electrons. The highest BCUT2D eigenvalue weighted by Crippen LogP contribution is 2.39. The van der Waals surface area contributed by atoms with E-state index in [1.54, 1.807) is 6.08 Å². The van der Waals surface area contributed by atoms with E-state index >= 15 is 0 Å². The van der Waals surface area contributed by atoms with Gasteiger partial charge in [0.05, 0.1) is 12.2 Å². The van der Waals surface area contributed by atoms with Crippen LogP contribution >= 0.6 is 0 Å². The van der Waals surface area contributed by atoms with Gasteiger partial charge >= 0.3 is 0 Å². The fourth-order valence-electron chi connectivity index (χ4n) is 4.00. The van der Waals surface area contributed by atoms with Crippen LogP contribution in [0.1, 0.15) is 54.4 Å². The first-order valence-corrected chi connectivity index (χ1v) is 11.0. The number of aliphatic imine (C=N–C) groups is 1. The second-order valence-corrected chi connectivity index (χ2v) is 8.61. The lowest BCUT2D eigenvalue weighted by Gasteiger charge is -2.31. The van der Waals surface area contributed by atoms with E-state index in [4.69, 9.17) is 15.0 Å². The van der Waals surface area contributed by atoms with Crippen LogP contribution in [0.15, 0.2) is 33.6 Å². The van der Waals surface area contributed by atoms with Crippen LogP contribution in [0.2, 0.25) is 0 Å². The highest BCUT2D eigenvalue weighted by Gasteiger charge is 2.35. The van der Waals surface area contributed by atoms with E-state index in [0.29, 0.717) is 42.4 Å². The molecule has 0 amide bonds. The summed E-state index contributed by atoms with van der Waals surface area (Å²) in [5, 5.41) is 18.0. The summed E-state index contributed by atoms with van der Waals surface area (Å²) >= 11 is 0. The summed E-state index contributed by atoms with van der Waals surface area (Å²) in [6.45, 7) is 6.03. The van der Waals surface area contributed by atoms with Gasteiger partial charge in [0.1, 0.15) is 12.3 Å². The number of H-pyrrole nitrogens is 1. The smallest absolute Gasteiger partial charge is 0.216 e. The highest BCUT2D eigenvalue weighted by molar-refractivity contribution is 5.82. The summed E-state index contributed by atoms with van der Waals surface area (Å²) in [4.78, 5) is 6.98. The number of guanidine groups is 1. The largest absolute Gasteiger partial charge is 0.476 e. The molecular formula is C21H30N8O2. The van der Waals surface area contributed by atoms with Crippen LogP contribution in [0, 0.1) is 6.92 Å². The van der Waals surface area contributed by atoms with Gasteiger partial charge < -0.3 is 25.6 Å². The average Bonchev–Trinajstić information content (AvgIpc) is 3.13. The van der Waals surface area contributed by atoms with Crippen LogP contribution in [0.5, 0.6) is 0 Å². The summed E-state index contributed by atoms with van der Waals surface area (Å²) in [5.74, 6) is 2.26. The van der Waals surface area contributed by atoms with Gasteiger partial charge in [0.25, 0.3) is 0 Å². The predicted octanol–water partition coefficient (Wildman–Crippen LogP) is 1.40. The Morgan fingerprint density at radius 2 is 2.16 bits per heavy atom. The maximum absolute atomic E-state index is 6.74. The summed E-state index contributed by atoms with van der Waals surface area (Å²) in [6.07, 6.45) is 6.70. The molecule has 0 aromatic carbocycles. The minimum absolute atomic E-state index is 0.428. The Hall–Kier alpha value is -2.85. The number of ether oxygens (including phenoxy) is 1. The Labute approximate surface area is 181 Å². The van der Waals surface area contributed by atoms with Crippen LogP contribution in [0.4, 0.5) is 0 Å². The molecule has 1 aliphatic carbocycles. The Kier molecular flexibility index (Phi) is 5.41. The number of aromatic amines is 1. The quantitative estimate of drug-likeness (QED) is 0.498. The first kappa shape index (κ1) is 20.1. The molecular weight excluding hydrogens is 396 g/mol.